The molecule has 0 spiro atoms. The van der Waals surface area contributed by atoms with Gasteiger partial charge in [0.05, 0.1) is 0 Å². The van der Waals surface area contributed by atoms with Crippen molar-refractivity contribution in [3.63, 3.8) is 0 Å². The Labute approximate surface area is 148 Å². The van der Waals surface area contributed by atoms with Crippen LogP contribution in [0.4, 0.5) is 11.9 Å². The van der Waals surface area contributed by atoms with Gasteiger partial charge in [-0.25, -0.2) is 0 Å². The van der Waals surface area contributed by atoms with Crippen molar-refractivity contribution in [2.45, 2.75) is 91.4 Å². The van der Waals surface area contributed by atoms with Crippen LogP contribution < -0.4 is 10.6 Å². The van der Waals surface area contributed by atoms with Gasteiger partial charge in [0.15, 0.2) is 0 Å². The SMILES string of the molecule is CCCCCCNc1nc(CCCC)nc(NCCCCCC)n1. The van der Waals surface area contributed by atoms with Gasteiger partial charge in [0.2, 0.25) is 11.9 Å². The van der Waals surface area contributed by atoms with Gasteiger partial charge in [-0.05, 0) is 19.3 Å². The van der Waals surface area contributed by atoms with E-state index in [1.165, 1.54) is 51.4 Å². The van der Waals surface area contributed by atoms with Gasteiger partial charge in [-0.3, -0.25) is 0 Å². The topological polar surface area (TPSA) is 62.7 Å². The van der Waals surface area contributed by atoms with Gasteiger partial charge in [-0.15, -0.1) is 0 Å². The van der Waals surface area contributed by atoms with Crippen molar-refractivity contribution in [1.29, 1.82) is 0 Å². The van der Waals surface area contributed by atoms with Crippen molar-refractivity contribution in [3.05, 3.63) is 5.82 Å². The monoisotopic (exact) mass is 335 g/mol. The lowest BCUT2D eigenvalue weighted by Gasteiger charge is -2.10. The number of hydrogen-bond donors (Lipinski definition) is 2. The van der Waals surface area contributed by atoms with Crippen LogP contribution in [0.15, 0.2) is 0 Å². The van der Waals surface area contributed by atoms with Gasteiger partial charge in [-0.2, -0.15) is 15.0 Å². The number of aryl methyl sites for hydroxylation is 1. The summed E-state index contributed by atoms with van der Waals surface area (Å²) in [6, 6.07) is 0. The highest BCUT2D eigenvalue weighted by Crippen LogP contribution is 2.10. The zero-order chi connectivity index (χ0) is 17.5. The van der Waals surface area contributed by atoms with E-state index in [2.05, 4.69) is 46.4 Å². The first-order valence-corrected chi connectivity index (χ1v) is 10.0. The minimum atomic E-state index is 0.726. The zero-order valence-corrected chi connectivity index (χ0v) is 16.0. The maximum atomic E-state index is 4.57. The third kappa shape index (κ3) is 9.68. The summed E-state index contributed by atoms with van der Waals surface area (Å²) in [4.78, 5) is 13.7. The van der Waals surface area contributed by atoms with Crippen LogP contribution in [0.25, 0.3) is 0 Å². The Morgan fingerprint density at radius 1 is 0.583 bits per heavy atom. The molecular formula is C19H37N5. The standard InChI is InChI=1S/C19H37N5/c1-4-7-10-12-15-20-18-22-17(14-9-6-3)23-19(24-18)21-16-13-11-8-5-2/h4-16H2,1-3H3,(H2,20,21,22,23,24). The number of nitrogens with zero attached hydrogens (tertiary/aromatic N) is 3. The molecule has 138 valence electrons. The number of hydrogen-bond acceptors (Lipinski definition) is 5. The fourth-order valence-corrected chi connectivity index (χ4v) is 2.53. The number of rotatable bonds is 15. The minimum absolute atomic E-state index is 0.726. The molecule has 0 bridgehead atoms. The molecule has 2 N–H and O–H groups in total. The second-order valence-corrected chi connectivity index (χ2v) is 6.48. The van der Waals surface area contributed by atoms with E-state index in [0.29, 0.717) is 0 Å². The Morgan fingerprint density at radius 3 is 1.54 bits per heavy atom. The second kappa shape index (κ2) is 14.0. The molecule has 0 aromatic carbocycles. The maximum absolute atomic E-state index is 4.57. The van der Waals surface area contributed by atoms with E-state index in [-0.39, 0.29) is 0 Å². The summed E-state index contributed by atoms with van der Waals surface area (Å²) in [5.74, 6) is 2.35. The molecule has 0 aliphatic carbocycles. The number of anilines is 2. The third-order valence-corrected chi connectivity index (χ3v) is 4.06. The van der Waals surface area contributed by atoms with Crippen molar-refractivity contribution >= 4 is 11.9 Å². The molecule has 0 saturated carbocycles. The van der Waals surface area contributed by atoms with E-state index < -0.39 is 0 Å². The van der Waals surface area contributed by atoms with E-state index in [0.717, 1.165) is 50.1 Å². The number of aromatic nitrogens is 3. The molecule has 5 nitrogen and oxygen atoms in total. The second-order valence-electron chi connectivity index (χ2n) is 6.48. The molecule has 0 amide bonds. The molecule has 0 saturated heterocycles. The molecule has 0 aliphatic rings. The average Bonchev–Trinajstić information content (AvgIpc) is 2.59. The van der Waals surface area contributed by atoms with E-state index in [1.54, 1.807) is 0 Å². The van der Waals surface area contributed by atoms with Crippen LogP contribution in [0.3, 0.4) is 0 Å². The molecule has 1 heterocycles. The lowest BCUT2D eigenvalue weighted by molar-refractivity contribution is 0.678. The Bertz CT molecular complexity index is 390. The summed E-state index contributed by atoms with van der Waals surface area (Å²) in [5, 5.41) is 6.74. The van der Waals surface area contributed by atoms with Crippen molar-refractivity contribution in [2.24, 2.45) is 0 Å². The predicted molar refractivity (Wildman–Crippen MR) is 104 cm³/mol. The molecule has 0 aliphatic heterocycles. The third-order valence-electron chi connectivity index (χ3n) is 4.06. The van der Waals surface area contributed by atoms with Crippen LogP contribution >= 0.6 is 0 Å². The quantitative estimate of drug-likeness (QED) is 0.431. The lowest BCUT2D eigenvalue weighted by Crippen LogP contribution is -2.13. The molecule has 0 atom stereocenters. The fraction of sp³-hybridized carbons (Fsp3) is 0.842. The average molecular weight is 336 g/mol. The molecule has 0 unspecified atom stereocenters. The Morgan fingerprint density at radius 2 is 1.08 bits per heavy atom. The van der Waals surface area contributed by atoms with Gasteiger partial charge in [-0.1, -0.05) is 65.7 Å². The molecule has 1 rings (SSSR count). The van der Waals surface area contributed by atoms with E-state index >= 15 is 0 Å². The van der Waals surface area contributed by atoms with E-state index in [1.807, 2.05) is 0 Å². The summed E-state index contributed by atoms with van der Waals surface area (Å²) in [7, 11) is 0. The normalized spacial score (nSPS) is 10.8. The first-order valence-electron chi connectivity index (χ1n) is 10.0. The summed E-state index contributed by atoms with van der Waals surface area (Å²) in [6.45, 7) is 8.54. The zero-order valence-electron chi connectivity index (χ0n) is 16.0. The van der Waals surface area contributed by atoms with Crippen molar-refractivity contribution in [2.75, 3.05) is 23.7 Å². The van der Waals surface area contributed by atoms with Crippen LogP contribution in [0.5, 0.6) is 0 Å². The van der Waals surface area contributed by atoms with Crippen LogP contribution in [0.1, 0.15) is 90.8 Å². The smallest absolute Gasteiger partial charge is 0.227 e. The molecule has 1 aromatic heterocycles. The Hall–Kier alpha value is -1.39. The van der Waals surface area contributed by atoms with Crippen molar-refractivity contribution < 1.29 is 0 Å². The van der Waals surface area contributed by atoms with Crippen LogP contribution in [0, 0.1) is 0 Å². The molecule has 0 radical (unpaired) electrons. The molecule has 1 aromatic rings. The Kier molecular flexibility index (Phi) is 12.0. The lowest BCUT2D eigenvalue weighted by atomic mass is 10.2. The van der Waals surface area contributed by atoms with Crippen LogP contribution in [0.2, 0.25) is 0 Å². The van der Waals surface area contributed by atoms with Gasteiger partial charge in [0.25, 0.3) is 0 Å². The first kappa shape index (κ1) is 20.7. The molecule has 24 heavy (non-hydrogen) atoms. The fourth-order valence-electron chi connectivity index (χ4n) is 2.53. The van der Waals surface area contributed by atoms with Crippen molar-refractivity contribution in [3.8, 4) is 0 Å². The summed E-state index contributed by atoms with van der Waals surface area (Å²) in [6.07, 6.45) is 13.2. The van der Waals surface area contributed by atoms with Gasteiger partial charge < -0.3 is 10.6 Å². The predicted octanol–water partition coefficient (Wildman–Crippen LogP) is 5.20. The van der Waals surface area contributed by atoms with Crippen molar-refractivity contribution in [1.82, 2.24) is 15.0 Å². The van der Waals surface area contributed by atoms with E-state index in [4.69, 9.17) is 0 Å². The number of nitrogens with one attached hydrogen (secondary N) is 2. The highest BCUT2D eigenvalue weighted by Gasteiger charge is 2.06. The largest absolute Gasteiger partial charge is 0.354 e. The molecule has 5 heteroatoms. The van der Waals surface area contributed by atoms with Crippen LogP contribution in [-0.4, -0.2) is 28.0 Å². The maximum Gasteiger partial charge on any atom is 0.227 e. The highest BCUT2D eigenvalue weighted by atomic mass is 15.2. The van der Waals surface area contributed by atoms with Crippen LogP contribution in [-0.2, 0) is 6.42 Å². The van der Waals surface area contributed by atoms with Gasteiger partial charge in [0.1, 0.15) is 5.82 Å². The minimum Gasteiger partial charge on any atom is -0.354 e. The molecular weight excluding hydrogens is 298 g/mol. The van der Waals surface area contributed by atoms with Gasteiger partial charge >= 0.3 is 0 Å². The highest BCUT2D eigenvalue weighted by molar-refractivity contribution is 5.34. The number of unbranched alkanes of at least 4 members (excludes halogenated alkanes) is 7. The molecule has 0 fully saturated rings. The Balaban J connectivity index is 2.52. The summed E-state index contributed by atoms with van der Waals surface area (Å²) >= 11 is 0. The summed E-state index contributed by atoms with van der Waals surface area (Å²) < 4.78 is 0. The summed E-state index contributed by atoms with van der Waals surface area (Å²) in [5.41, 5.74) is 0. The first-order chi connectivity index (χ1) is 11.8. The van der Waals surface area contributed by atoms with E-state index in [9.17, 15) is 0 Å². The van der Waals surface area contributed by atoms with Gasteiger partial charge in [0, 0.05) is 19.5 Å².